The predicted molar refractivity (Wildman–Crippen MR) is 103 cm³/mol. The first-order valence-corrected chi connectivity index (χ1v) is 8.84. The highest BCUT2D eigenvalue weighted by Crippen LogP contribution is 2.42. The number of benzene rings is 2. The molecule has 2 nitrogen and oxygen atoms in total. The molecular formula is C20H23BrN2. The van der Waals surface area contributed by atoms with E-state index in [-0.39, 0.29) is 5.54 Å². The average Bonchev–Trinajstić information content (AvgIpc) is 2.51. The summed E-state index contributed by atoms with van der Waals surface area (Å²) in [6, 6.07) is 14.7. The SMILES string of the molecule is CC1CC(C)(C)N(C)c2ccc(C=Nc3ccccc3Br)cc21. The van der Waals surface area contributed by atoms with E-state index in [4.69, 9.17) is 0 Å². The van der Waals surface area contributed by atoms with Gasteiger partial charge in [-0.25, -0.2) is 0 Å². The van der Waals surface area contributed by atoms with Gasteiger partial charge >= 0.3 is 0 Å². The highest BCUT2D eigenvalue weighted by molar-refractivity contribution is 9.10. The summed E-state index contributed by atoms with van der Waals surface area (Å²) in [4.78, 5) is 7.01. The van der Waals surface area contributed by atoms with Gasteiger partial charge in [-0.3, -0.25) is 4.99 Å². The van der Waals surface area contributed by atoms with E-state index < -0.39 is 0 Å². The molecule has 0 saturated heterocycles. The standard InChI is InChI=1S/C20H23BrN2/c1-14-12-20(2,3)23(4)19-10-9-15(11-16(14)19)13-22-18-8-6-5-7-17(18)21/h5-11,13-14H,12H2,1-4H3. The molecule has 0 amide bonds. The number of rotatable bonds is 2. The number of nitrogens with zero attached hydrogens (tertiary/aromatic N) is 2. The molecule has 3 rings (SSSR count). The number of fused-ring (bicyclic) bond motifs is 1. The Morgan fingerprint density at radius 2 is 1.96 bits per heavy atom. The van der Waals surface area contributed by atoms with Crippen molar-refractivity contribution in [3.05, 3.63) is 58.1 Å². The summed E-state index contributed by atoms with van der Waals surface area (Å²) < 4.78 is 1.02. The fourth-order valence-electron chi connectivity index (χ4n) is 3.38. The van der Waals surface area contributed by atoms with Crippen molar-refractivity contribution in [3.8, 4) is 0 Å². The molecule has 3 heteroatoms. The lowest BCUT2D eigenvalue weighted by Crippen LogP contribution is -2.45. The third-order valence-electron chi connectivity index (χ3n) is 4.86. The smallest absolute Gasteiger partial charge is 0.0771 e. The summed E-state index contributed by atoms with van der Waals surface area (Å²) in [7, 11) is 2.19. The molecule has 1 unspecified atom stereocenters. The maximum absolute atomic E-state index is 4.61. The summed E-state index contributed by atoms with van der Waals surface area (Å²) in [6.45, 7) is 6.95. The van der Waals surface area contributed by atoms with Crippen molar-refractivity contribution in [3.63, 3.8) is 0 Å². The van der Waals surface area contributed by atoms with Gasteiger partial charge in [0.1, 0.15) is 0 Å². The van der Waals surface area contributed by atoms with Crippen LogP contribution >= 0.6 is 15.9 Å². The molecule has 0 spiro atoms. The Labute approximate surface area is 147 Å². The summed E-state index contributed by atoms with van der Waals surface area (Å²) in [5, 5.41) is 0. The highest BCUT2D eigenvalue weighted by Gasteiger charge is 2.33. The maximum atomic E-state index is 4.61. The Morgan fingerprint density at radius 3 is 2.70 bits per heavy atom. The second kappa shape index (κ2) is 6.12. The Balaban J connectivity index is 1.93. The van der Waals surface area contributed by atoms with Crippen LogP contribution in [0.5, 0.6) is 0 Å². The van der Waals surface area contributed by atoms with Crippen LogP contribution in [0.1, 0.15) is 44.2 Å². The monoisotopic (exact) mass is 370 g/mol. The topological polar surface area (TPSA) is 15.6 Å². The van der Waals surface area contributed by atoms with E-state index in [9.17, 15) is 0 Å². The Hall–Kier alpha value is -1.61. The van der Waals surface area contributed by atoms with E-state index >= 15 is 0 Å². The van der Waals surface area contributed by atoms with E-state index in [0.717, 1.165) is 15.7 Å². The number of aliphatic imine (C=N–C) groups is 1. The lowest BCUT2D eigenvalue weighted by molar-refractivity contribution is 0.395. The molecule has 0 radical (unpaired) electrons. The molecule has 0 N–H and O–H groups in total. The van der Waals surface area contributed by atoms with E-state index in [1.54, 1.807) is 0 Å². The van der Waals surface area contributed by atoms with Gasteiger partial charge in [0, 0.05) is 29.0 Å². The van der Waals surface area contributed by atoms with Crippen molar-refractivity contribution < 1.29 is 0 Å². The Kier molecular flexibility index (Phi) is 4.33. The van der Waals surface area contributed by atoms with Crippen molar-refractivity contribution in [1.29, 1.82) is 0 Å². The molecule has 1 atom stereocenters. The van der Waals surface area contributed by atoms with Crippen LogP contribution < -0.4 is 4.90 Å². The minimum Gasteiger partial charge on any atom is -0.369 e. The molecule has 1 aliphatic heterocycles. The van der Waals surface area contributed by atoms with Crippen LogP contribution in [0, 0.1) is 0 Å². The van der Waals surface area contributed by atoms with Crippen LogP contribution in [0.4, 0.5) is 11.4 Å². The molecule has 1 aliphatic rings. The first kappa shape index (κ1) is 16.3. The first-order valence-electron chi connectivity index (χ1n) is 8.05. The third-order valence-corrected chi connectivity index (χ3v) is 5.53. The van der Waals surface area contributed by atoms with Crippen LogP contribution in [-0.4, -0.2) is 18.8 Å². The van der Waals surface area contributed by atoms with Gasteiger partial charge in [0.25, 0.3) is 0 Å². The van der Waals surface area contributed by atoms with Gasteiger partial charge in [0.2, 0.25) is 0 Å². The van der Waals surface area contributed by atoms with Gasteiger partial charge in [-0.2, -0.15) is 0 Å². The quantitative estimate of drug-likeness (QED) is 0.598. The summed E-state index contributed by atoms with van der Waals surface area (Å²) in [5.74, 6) is 0.563. The van der Waals surface area contributed by atoms with Crippen molar-refractivity contribution in [2.24, 2.45) is 4.99 Å². The number of anilines is 1. The maximum Gasteiger partial charge on any atom is 0.0771 e. The largest absolute Gasteiger partial charge is 0.369 e. The lowest BCUT2D eigenvalue weighted by Gasteiger charge is -2.45. The van der Waals surface area contributed by atoms with Gasteiger partial charge in [-0.05, 0) is 77.5 Å². The molecule has 0 aromatic heterocycles. The minimum absolute atomic E-state index is 0.205. The zero-order valence-corrected chi connectivity index (χ0v) is 15.8. The fraction of sp³-hybridized carbons (Fsp3) is 0.350. The third kappa shape index (κ3) is 3.20. The number of para-hydroxylation sites is 1. The zero-order valence-electron chi connectivity index (χ0n) is 14.2. The fourth-order valence-corrected chi connectivity index (χ4v) is 3.76. The predicted octanol–water partition coefficient (Wildman–Crippen LogP) is 5.92. The minimum atomic E-state index is 0.205. The van der Waals surface area contributed by atoms with Gasteiger partial charge in [0.05, 0.1) is 5.69 Å². The van der Waals surface area contributed by atoms with Gasteiger partial charge in [-0.15, -0.1) is 0 Å². The zero-order chi connectivity index (χ0) is 16.6. The number of hydrogen-bond acceptors (Lipinski definition) is 2. The van der Waals surface area contributed by atoms with Crippen molar-refractivity contribution in [2.45, 2.75) is 38.6 Å². The Morgan fingerprint density at radius 1 is 1.22 bits per heavy atom. The average molecular weight is 371 g/mol. The van der Waals surface area contributed by atoms with Crippen LogP contribution in [0.15, 0.2) is 51.9 Å². The second-order valence-corrected chi connectivity index (χ2v) is 7.86. The van der Waals surface area contributed by atoms with Gasteiger partial charge in [0.15, 0.2) is 0 Å². The molecule has 0 fully saturated rings. The van der Waals surface area contributed by atoms with E-state index in [0.29, 0.717) is 5.92 Å². The first-order chi connectivity index (χ1) is 10.9. The van der Waals surface area contributed by atoms with Gasteiger partial charge in [-0.1, -0.05) is 25.1 Å². The summed E-state index contributed by atoms with van der Waals surface area (Å²) >= 11 is 3.54. The van der Waals surface area contributed by atoms with Crippen molar-refractivity contribution in [1.82, 2.24) is 0 Å². The molecule has 0 aliphatic carbocycles. The highest BCUT2D eigenvalue weighted by atomic mass is 79.9. The Bertz CT molecular complexity index is 749. The number of halogens is 1. The summed E-state index contributed by atoms with van der Waals surface area (Å²) in [5.41, 5.74) is 5.07. The van der Waals surface area contributed by atoms with E-state index in [1.165, 1.54) is 17.7 Å². The molecule has 2 aromatic rings. The lowest BCUT2D eigenvalue weighted by atomic mass is 9.80. The van der Waals surface area contributed by atoms with Crippen molar-refractivity contribution in [2.75, 3.05) is 11.9 Å². The molecule has 2 aromatic carbocycles. The van der Waals surface area contributed by atoms with Crippen molar-refractivity contribution >= 4 is 33.5 Å². The number of hydrogen-bond donors (Lipinski definition) is 0. The molecule has 0 saturated carbocycles. The van der Waals surface area contributed by atoms with Gasteiger partial charge < -0.3 is 4.90 Å². The summed E-state index contributed by atoms with van der Waals surface area (Å²) in [6.07, 6.45) is 3.12. The molecule has 23 heavy (non-hydrogen) atoms. The van der Waals surface area contributed by atoms with E-state index in [1.807, 2.05) is 30.5 Å². The van der Waals surface area contributed by atoms with Crippen LogP contribution in [0.3, 0.4) is 0 Å². The molecular weight excluding hydrogens is 348 g/mol. The van der Waals surface area contributed by atoms with Crippen LogP contribution in [-0.2, 0) is 0 Å². The van der Waals surface area contributed by atoms with Crippen LogP contribution in [0.2, 0.25) is 0 Å². The van der Waals surface area contributed by atoms with E-state index in [2.05, 4.69) is 71.8 Å². The second-order valence-electron chi connectivity index (χ2n) is 7.00. The molecule has 0 bridgehead atoms. The molecule has 120 valence electrons. The van der Waals surface area contributed by atoms with Crippen LogP contribution in [0.25, 0.3) is 0 Å². The normalized spacial score (nSPS) is 19.9. The molecule has 1 heterocycles.